The molecule has 22 heavy (non-hydrogen) atoms. The van der Waals surface area contributed by atoms with Gasteiger partial charge in [-0.3, -0.25) is 4.79 Å². The number of hydrogen-bond acceptors (Lipinski definition) is 6. The van der Waals surface area contributed by atoms with Crippen molar-refractivity contribution >= 4 is 40.8 Å². The second kappa shape index (κ2) is 8.50. The quantitative estimate of drug-likeness (QED) is 0.768. The number of carbonyl (C=O) groups is 1. The van der Waals surface area contributed by atoms with E-state index in [4.69, 9.17) is 0 Å². The third-order valence-electron chi connectivity index (χ3n) is 2.68. The van der Waals surface area contributed by atoms with E-state index in [1.165, 1.54) is 35.2 Å². The van der Waals surface area contributed by atoms with E-state index in [1.807, 2.05) is 6.92 Å². The highest BCUT2D eigenvalue weighted by Gasteiger charge is 2.17. The Labute approximate surface area is 141 Å². The maximum atomic E-state index is 12.8. The normalized spacial score (nSPS) is 12.1. The summed E-state index contributed by atoms with van der Waals surface area (Å²) in [4.78, 5) is 12.1. The lowest BCUT2D eigenvalue weighted by molar-refractivity contribution is -0.120. The minimum atomic E-state index is -0.281. The lowest BCUT2D eigenvalue weighted by Gasteiger charge is -2.10. The van der Waals surface area contributed by atoms with Gasteiger partial charge < -0.3 is 5.32 Å². The van der Waals surface area contributed by atoms with Crippen LogP contribution in [-0.4, -0.2) is 27.1 Å². The summed E-state index contributed by atoms with van der Waals surface area (Å²) in [6, 6.07) is 6.08. The molecule has 118 valence electrons. The van der Waals surface area contributed by atoms with Gasteiger partial charge in [0.25, 0.3) is 0 Å². The number of benzene rings is 1. The lowest BCUT2D eigenvalue weighted by Crippen LogP contribution is -2.30. The number of amides is 1. The van der Waals surface area contributed by atoms with Crippen molar-refractivity contribution in [3.63, 3.8) is 0 Å². The molecule has 1 amide bonds. The van der Waals surface area contributed by atoms with Crippen LogP contribution in [0, 0.1) is 5.82 Å². The minimum absolute atomic E-state index is 0.0748. The fraction of sp³-hybridized carbons (Fsp3) is 0.357. The molecule has 0 aliphatic rings. The van der Waals surface area contributed by atoms with Gasteiger partial charge in [0.1, 0.15) is 5.82 Å². The van der Waals surface area contributed by atoms with Crippen molar-refractivity contribution in [1.29, 1.82) is 0 Å². The van der Waals surface area contributed by atoms with E-state index in [0.29, 0.717) is 6.54 Å². The van der Waals surface area contributed by atoms with Crippen LogP contribution in [0.3, 0.4) is 0 Å². The fourth-order valence-corrected chi connectivity index (χ4v) is 4.65. The highest BCUT2D eigenvalue weighted by Crippen LogP contribution is 2.31. The van der Waals surface area contributed by atoms with Crippen LogP contribution >= 0.6 is 34.9 Å². The SMILES string of the molecule is CCSc1nnc(SC(C)C(=O)NCc2ccc(F)cc2)s1. The Kier molecular flexibility index (Phi) is 6.66. The van der Waals surface area contributed by atoms with E-state index in [1.54, 1.807) is 23.9 Å². The molecule has 0 aliphatic heterocycles. The van der Waals surface area contributed by atoms with Gasteiger partial charge in [0.15, 0.2) is 8.68 Å². The maximum absolute atomic E-state index is 12.8. The summed E-state index contributed by atoms with van der Waals surface area (Å²) >= 11 is 4.54. The van der Waals surface area contributed by atoms with Crippen molar-refractivity contribution in [2.75, 3.05) is 5.75 Å². The summed E-state index contributed by atoms with van der Waals surface area (Å²) < 4.78 is 14.5. The molecule has 0 radical (unpaired) electrons. The van der Waals surface area contributed by atoms with Crippen molar-refractivity contribution in [3.05, 3.63) is 35.6 Å². The van der Waals surface area contributed by atoms with Gasteiger partial charge in [-0.1, -0.05) is 53.9 Å². The number of hydrogen-bond donors (Lipinski definition) is 1. The molecule has 8 heteroatoms. The summed E-state index contributed by atoms with van der Waals surface area (Å²) in [5.41, 5.74) is 0.865. The van der Waals surface area contributed by atoms with Crippen LogP contribution in [0.1, 0.15) is 19.4 Å². The zero-order chi connectivity index (χ0) is 15.9. The summed E-state index contributed by atoms with van der Waals surface area (Å²) in [6.45, 7) is 4.28. The molecular formula is C14H16FN3OS3. The largest absolute Gasteiger partial charge is 0.351 e. The Morgan fingerprint density at radius 3 is 2.68 bits per heavy atom. The zero-order valence-corrected chi connectivity index (χ0v) is 14.7. The molecule has 1 aromatic heterocycles. The van der Waals surface area contributed by atoms with E-state index in [0.717, 1.165) is 20.0 Å². The molecule has 2 aromatic rings. The number of carbonyl (C=O) groups excluding carboxylic acids is 1. The molecule has 0 aliphatic carbocycles. The Bertz CT molecular complexity index is 618. The fourth-order valence-electron chi connectivity index (χ4n) is 1.57. The summed E-state index contributed by atoms with van der Waals surface area (Å²) in [5, 5.41) is 10.7. The third kappa shape index (κ3) is 5.26. The van der Waals surface area contributed by atoms with Gasteiger partial charge in [-0.05, 0) is 30.4 Å². The number of nitrogens with zero attached hydrogens (tertiary/aromatic N) is 2. The van der Waals surface area contributed by atoms with Crippen LogP contribution in [0.2, 0.25) is 0 Å². The van der Waals surface area contributed by atoms with Crippen LogP contribution in [0.15, 0.2) is 32.9 Å². The second-order valence-electron chi connectivity index (χ2n) is 4.37. The molecule has 1 heterocycles. The number of rotatable bonds is 7. The van der Waals surface area contributed by atoms with Crippen LogP contribution in [-0.2, 0) is 11.3 Å². The Balaban J connectivity index is 1.82. The zero-order valence-electron chi connectivity index (χ0n) is 12.2. The summed E-state index contributed by atoms with van der Waals surface area (Å²) in [6.07, 6.45) is 0. The molecule has 1 N–H and O–H groups in total. The first-order chi connectivity index (χ1) is 10.6. The third-order valence-corrected chi connectivity index (χ3v) is 5.81. The molecule has 1 atom stereocenters. The molecule has 1 aromatic carbocycles. The Hall–Kier alpha value is -1.12. The van der Waals surface area contributed by atoms with Gasteiger partial charge in [-0.15, -0.1) is 10.2 Å². The molecule has 4 nitrogen and oxygen atoms in total. The highest BCUT2D eigenvalue weighted by molar-refractivity contribution is 8.03. The Morgan fingerprint density at radius 2 is 2.00 bits per heavy atom. The number of thioether (sulfide) groups is 2. The monoisotopic (exact) mass is 357 g/mol. The average molecular weight is 358 g/mol. The van der Waals surface area contributed by atoms with Crippen molar-refractivity contribution < 1.29 is 9.18 Å². The van der Waals surface area contributed by atoms with Crippen LogP contribution in [0.4, 0.5) is 4.39 Å². The molecular weight excluding hydrogens is 341 g/mol. The first kappa shape index (κ1) is 17.2. The maximum Gasteiger partial charge on any atom is 0.233 e. The molecule has 0 fully saturated rings. The number of aromatic nitrogens is 2. The second-order valence-corrected chi connectivity index (χ2v) is 8.45. The minimum Gasteiger partial charge on any atom is -0.351 e. The first-order valence-electron chi connectivity index (χ1n) is 6.73. The lowest BCUT2D eigenvalue weighted by atomic mass is 10.2. The van der Waals surface area contributed by atoms with Crippen molar-refractivity contribution in [2.24, 2.45) is 0 Å². The van der Waals surface area contributed by atoms with E-state index >= 15 is 0 Å². The van der Waals surface area contributed by atoms with E-state index < -0.39 is 0 Å². The van der Waals surface area contributed by atoms with Crippen molar-refractivity contribution in [1.82, 2.24) is 15.5 Å². The van der Waals surface area contributed by atoms with Gasteiger partial charge in [0.2, 0.25) is 5.91 Å². The smallest absolute Gasteiger partial charge is 0.233 e. The topological polar surface area (TPSA) is 54.9 Å². The van der Waals surface area contributed by atoms with E-state index in [2.05, 4.69) is 22.4 Å². The van der Waals surface area contributed by atoms with E-state index in [9.17, 15) is 9.18 Å². The van der Waals surface area contributed by atoms with E-state index in [-0.39, 0.29) is 17.0 Å². The van der Waals surface area contributed by atoms with Crippen molar-refractivity contribution in [3.8, 4) is 0 Å². The van der Waals surface area contributed by atoms with Gasteiger partial charge in [0.05, 0.1) is 5.25 Å². The standard InChI is InChI=1S/C14H16FN3OS3/c1-3-20-13-17-18-14(22-13)21-9(2)12(19)16-8-10-4-6-11(15)7-5-10/h4-7,9H,3,8H2,1-2H3,(H,16,19). The first-order valence-corrected chi connectivity index (χ1v) is 9.41. The molecule has 2 rings (SSSR count). The molecule has 0 saturated heterocycles. The predicted molar refractivity (Wildman–Crippen MR) is 89.9 cm³/mol. The van der Waals surface area contributed by atoms with Crippen LogP contribution < -0.4 is 5.32 Å². The molecule has 0 saturated carbocycles. The predicted octanol–water partition coefficient (Wildman–Crippen LogP) is 3.59. The summed E-state index contributed by atoms with van der Waals surface area (Å²) in [7, 11) is 0. The number of halogens is 1. The molecule has 0 bridgehead atoms. The van der Waals surface area contributed by atoms with Gasteiger partial charge in [-0.25, -0.2) is 4.39 Å². The van der Waals surface area contributed by atoms with Crippen LogP contribution in [0.25, 0.3) is 0 Å². The number of nitrogens with one attached hydrogen (secondary N) is 1. The average Bonchev–Trinajstić information content (AvgIpc) is 2.94. The van der Waals surface area contributed by atoms with Crippen LogP contribution in [0.5, 0.6) is 0 Å². The van der Waals surface area contributed by atoms with Gasteiger partial charge >= 0.3 is 0 Å². The Morgan fingerprint density at radius 1 is 1.32 bits per heavy atom. The van der Waals surface area contributed by atoms with Gasteiger partial charge in [-0.2, -0.15) is 0 Å². The molecule has 0 spiro atoms. The summed E-state index contributed by atoms with van der Waals surface area (Å²) in [5.74, 6) is 0.595. The van der Waals surface area contributed by atoms with Crippen molar-refractivity contribution in [2.45, 2.75) is 34.3 Å². The van der Waals surface area contributed by atoms with Gasteiger partial charge in [0, 0.05) is 6.54 Å². The highest BCUT2D eigenvalue weighted by atomic mass is 32.2. The molecule has 1 unspecified atom stereocenters.